The van der Waals surface area contributed by atoms with Crippen LogP contribution in [0.15, 0.2) is 82.6 Å². The van der Waals surface area contributed by atoms with E-state index < -0.39 is 5.82 Å². The van der Waals surface area contributed by atoms with E-state index in [1.807, 2.05) is 23.6 Å². The molecule has 0 bridgehead atoms. The first-order valence-electron chi connectivity index (χ1n) is 10.1. The maximum Gasteiger partial charge on any atom is 0.251 e. The van der Waals surface area contributed by atoms with Gasteiger partial charge in [-0.05, 0) is 55.5 Å². The van der Waals surface area contributed by atoms with Crippen molar-refractivity contribution >= 4 is 29.3 Å². The maximum atomic E-state index is 13.7. The summed E-state index contributed by atoms with van der Waals surface area (Å²) in [4.78, 5) is 28.9. The number of carbonyl (C=O) groups is 2. The predicted molar refractivity (Wildman–Crippen MR) is 124 cm³/mol. The highest BCUT2D eigenvalue weighted by atomic mass is 32.2. The second-order valence-electron chi connectivity index (χ2n) is 7.14. The second kappa shape index (κ2) is 10.2. The molecular weight excluding hydrogens is 443 g/mol. The number of hydrogen-bond acceptors (Lipinski definition) is 5. The molecule has 0 aliphatic heterocycles. The first kappa shape index (κ1) is 22.3. The highest BCUT2D eigenvalue weighted by Gasteiger charge is 2.12. The van der Waals surface area contributed by atoms with E-state index in [9.17, 15) is 14.0 Å². The number of imidazole rings is 1. The van der Waals surface area contributed by atoms with Gasteiger partial charge in [0.2, 0.25) is 5.91 Å². The molecule has 7 nitrogen and oxygen atoms in total. The molecule has 4 aromatic rings. The molecule has 2 heterocycles. The van der Waals surface area contributed by atoms with Crippen LogP contribution in [0.25, 0.3) is 5.69 Å². The van der Waals surface area contributed by atoms with Crippen molar-refractivity contribution < 1.29 is 18.4 Å². The number of aromatic nitrogens is 2. The SMILES string of the molecule is Cc1ccc(CNC(=O)c2ccc(-n3ccnc3SCC(=O)Nc3ccccc3F)cc2)o1. The van der Waals surface area contributed by atoms with Gasteiger partial charge < -0.3 is 15.1 Å². The van der Waals surface area contributed by atoms with Crippen LogP contribution in [-0.2, 0) is 11.3 Å². The number of amides is 2. The molecular formula is C24H21FN4O3S. The van der Waals surface area contributed by atoms with Crippen molar-refractivity contribution in [3.63, 3.8) is 0 Å². The summed E-state index contributed by atoms with van der Waals surface area (Å²) in [5, 5.41) is 5.98. The van der Waals surface area contributed by atoms with Gasteiger partial charge in [-0.1, -0.05) is 23.9 Å². The first-order chi connectivity index (χ1) is 16.0. The Morgan fingerprint density at radius 1 is 1.09 bits per heavy atom. The van der Waals surface area contributed by atoms with Gasteiger partial charge in [0, 0.05) is 23.6 Å². The van der Waals surface area contributed by atoms with Crippen LogP contribution in [0.4, 0.5) is 10.1 Å². The van der Waals surface area contributed by atoms with Gasteiger partial charge in [0.15, 0.2) is 5.16 Å². The van der Waals surface area contributed by atoms with Gasteiger partial charge in [-0.3, -0.25) is 14.2 Å². The summed E-state index contributed by atoms with van der Waals surface area (Å²) in [6.07, 6.45) is 3.40. The number of thioether (sulfide) groups is 1. The van der Waals surface area contributed by atoms with Crippen LogP contribution in [0, 0.1) is 12.7 Å². The van der Waals surface area contributed by atoms with Gasteiger partial charge in [-0.15, -0.1) is 0 Å². The number of nitrogens with one attached hydrogen (secondary N) is 2. The van der Waals surface area contributed by atoms with Crippen LogP contribution >= 0.6 is 11.8 Å². The fourth-order valence-corrected chi connectivity index (χ4v) is 3.87. The number of para-hydroxylation sites is 1. The molecule has 0 saturated carbocycles. The van der Waals surface area contributed by atoms with E-state index >= 15 is 0 Å². The summed E-state index contributed by atoms with van der Waals surface area (Å²) in [6, 6.07) is 16.7. The summed E-state index contributed by atoms with van der Waals surface area (Å²) in [6.45, 7) is 2.16. The van der Waals surface area contributed by atoms with Crippen molar-refractivity contribution in [2.24, 2.45) is 0 Å². The molecule has 0 radical (unpaired) electrons. The summed E-state index contributed by atoms with van der Waals surface area (Å²) in [7, 11) is 0. The van der Waals surface area contributed by atoms with Crippen molar-refractivity contribution in [2.75, 3.05) is 11.1 Å². The number of hydrogen-bond donors (Lipinski definition) is 2. The van der Waals surface area contributed by atoms with Crippen molar-refractivity contribution in [1.29, 1.82) is 0 Å². The fourth-order valence-electron chi connectivity index (χ4n) is 3.10. The van der Waals surface area contributed by atoms with Crippen LogP contribution in [0.5, 0.6) is 0 Å². The van der Waals surface area contributed by atoms with Crippen LogP contribution < -0.4 is 10.6 Å². The molecule has 0 saturated heterocycles. The molecule has 168 valence electrons. The summed E-state index contributed by atoms with van der Waals surface area (Å²) in [5.74, 6) is 0.525. The molecule has 9 heteroatoms. The van der Waals surface area contributed by atoms with Gasteiger partial charge in [-0.25, -0.2) is 9.37 Å². The summed E-state index contributed by atoms with van der Waals surface area (Å²) < 4.78 is 21.0. The van der Waals surface area contributed by atoms with E-state index in [-0.39, 0.29) is 23.3 Å². The minimum Gasteiger partial charge on any atom is -0.465 e. The van der Waals surface area contributed by atoms with Gasteiger partial charge in [0.25, 0.3) is 5.91 Å². The van der Waals surface area contributed by atoms with Crippen molar-refractivity contribution in [1.82, 2.24) is 14.9 Å². The molecule has 33 heavy (non-hydrogen) atoms. The quantitative estimate of drug-likeness (QED) is 0.373. The molecule has 4 rings (SSSR count). The monoisotopic (exact) mass is 464 g/mol. The molecule has 0 fully saturated rings. The Morgan fingerprint density at radius 2 is 1.88 bits per heavy atom. The zero-order valence-corrected chi connectivity index (χ0v) is 18.6. The number of carbonyl (C=O) groups excluding carboxylic acids is 2. The topological polar surface area (TPSA) is 89.2 Å². The van der Waals surface area contributed by atoms with E-state index in [1.165, 1.54) is 23.9 Å². The van der Waals surface area contributed by atoms with Crippen LogP contribution in [0.1, 0.15) is 21.9 Å². The first-order valence-corrected chi connectivity index (χ1v) is 11.1. The van der Waals surface area contributed by atoms with Gasteiger partial charge >= 0.3 is 0 Å². The zero-order chi connectivity index (χ0) is 23.2. The average Bonchev–Trinajstić information content (AvgIpc) is 3.46. The normalized spacial score (nSPS) is 10.7. The van der Waals surface area contributed by atoms with Gasteiger partial charge in [0.05, 0.1) is 18.0 Å². The minimum absolute atomic E-state index is 0.0676. The number of rotatable bonds is 8. The van der Waals surface area contributed by atoms with E-state index in [4.69, 9.17) is 4.42 Å². The number of nitrogens with zero attached hydrogens (tertiary/aromatic N) is 2. The van der Waals surface area contributed by atoms with Crippen LogP contribution in [0.3, 0.4) is 0 Å². The number of aryl methyl sites for hydroxylation is 1. The standard InChI is InChI=1S/C24H21FN4O3S/c1-16-6-11-19(32-16)14-27-23(31)17-7-9-18(10-8-17)29-13-12-26-24(29)33-15-22(30)28-21-5-3-2-4-20(21)25/h2-13H,14-15H2,1H3,(H,27,31)(H,28,30). The maximum absolute atomic E-state index is 13.7. The van der Waals surface area contributed by atoms with E-state index in [1.54, 1.807) is 48.8 Å². The third-order valence-corrected chi connectivity index (χ3v) is 5.68. The Morgan fingerprint density at radius 3 is 2.61 bits per heavy atom. The average molecular weight is 465 g/mol. The van der Waals surface area contributed by atoms with Crippen LogP contribution in [0.2, 0.25) is 0 Å². The number of anilines is 1. The highest BCUT2D eigenvalue weighted by Crippen LogP contribution is 2.22. The molecule has 0 unspecified atom stereocenters. The van der Waals surface area contributed by atoms with E-state index in [0.717, 1.165) is 11.4 Å². The highest BCUT2D eigenvalue weighted by molar-refractivity contribution is 7.99. The molecule has 2 aromatic heterocycles. The molecule has 0 spiro atoms. The fraction of sp³-hybridized carbons (Fsp3) is 0.125. The molecule has 2 aromatic carbocycles. The predicted octanol–water partition coefficient (Wildman–Crippen LogP) is 4.57. The van der Waals surface area contributed by atoms with Gasteiger partial charge in [0.1, 0.15) is 17.3 Å². The lowest BCUT2D eigenvalue weighted by Gasteiger charge is -2.09. The van der Waals surface area contributed by atoms with E-state index in [0.29, 0.717) is 23.0 Å². The Labute approximate surface area is 194 Å². The molecule has 0 atom stereocenters. The lowest BCUT2D eigenvalue weighted by atomic mass is 10.2. The Bertz CT molecular complexity index is 1270. The summed E-state index contributed by atoms with van der Waals surface area (Å²) >= 11 is 1.23. The number of halogens is 1. The van der Waals surface area contributed by atoms with Crippen molar-refractivity contribution in [3.8, 4) is 5.69 Å². The molecule has 0 aliphatic carbocycles. The Hall–Kier alpha value is -3.85. The Kier molecular flexibility index (Phi) is 6.89. The summed E-state index contributed by atoms with van der Waals surface area (Å²) in [5.41, 5.74) is 1.45. The lowest BCUT2D eigenvalue weighted by Crippen LogP contribution is -2.22. The van der Waals surface area contributed by atoms with Crippen LogP contribution in [-0.4, -0.2) is 27.1 Å². The molecule has 2 N–H and O–H groups in total. The second-order valence-corrected chi connectivity index (χ2v) is 8.08. The minimum atomic E-state index is -0.485. The van der Waals surface area contributed by atoms with E-state index in [2.05, 4.69) is 15.6 Å². The third kappa shape index (κ3) is 5.69. The Balaban J connectivity index is 1.35. The third-order valence-electron chi connectivity index (χ3n) is 4.71. The smallest absolute Gasteiger partial charge is 0.251 e. The molecule has 0 aliphatic rings. The number of furan rings is 1. The largest absolute Gasteiger partial charge is 0.465 e. The van der Waals surface area contributed by atoms with Gasteiger partial charge in [-0.2, -0.15) is 0 Å². The van der Waals surface area contributed by atoms with Crippen molar-refractivity contribution in [3.05, 3.63) is 96.0 Å². The lowest BCUT2D eigenvalue weighted by molar-refractivity contribution is -0.113. The zero-order valence-electron chi connectivity index (χ0n) is 17.7. The van der Waals surface area contributed by atoms with Crippen molar-refractivity contribution in [2.45, 2.75) is 18.6 Å². The number of benzene rings is 2. The molecule has 2 amide bonds.